The molecule has 1 aliphatic heterocycles. The summed E-state index contributed by atoms with van der Waals surface area (Å²) in [6.45, 7) is 2.49. The number of alkyl halides is 3. The quantitative estimate of drug-likeness (QED) is 0.448. The third-order valence-electron chi connectivity index (χ3n) is 5.35. The van der Waals surface area contributed by atoms with E-state index in [2.05, 4.69) is 19.9 Å². The standard InChI is InChI=1S/C23H16F3N5O2/c1-13-8-14(21-28-10-15-9-16(23(24,25)26)3-4-17(15)30-21)2-5-18(13)31-6-7-33-19-11-27-12-29-20(19)22(31)32/h2-5,8-12H,6-7H2,1H3. The first-order chi connectivity index (χ1) is 15.8. The lowest BCUT2D eigenvalue weighted by Gasteiger charge is -2.22. The predicted octanol–water partition coefficient (Wildman–Crippen LogP) is 4.45. The van der Waals surface area contributed by atoms with E-state index in [1.165, 1.54) is 24.8 Å². The molecule has 0 unspecified atom stereocenters. The zero-order valence-corrected chi connectivity index (χ0v) is 17.3. The fourth-order valence-corrected chi connectivity index (χ4v) is 3.74. The molecule has 2 aromatic carbocycles. The molecule has 0 aliphatic carbocycles. The average Bonchev–Trinajstić information content (AvgIpc) is 2.97. The van der Waals surface area contributed by atoms with Crippen LogP contribution < -0.4 is 9.64 Å². The van der Waals surface area contributed by atoms with Gasteiger partial charge in [0.15, 0.2) is 17.3 Å². The maximum Gasteiger partial charge on any atom is 0.416 e. The summed E-state index contributed by atoms with van der Waals surface area (Å²) in [5.74, 6) is 0.432. The minimum absolute atomic E-state index is 0.196. The van der Waals surface area contributed by atoms with Crippen LogP contribution in [0.25, 0.3) is 22.3 Å². The van der Waals surface area contributed by atoms with E-state index in [4.69, 9.17) is 4.74 Å². The highest BCUT2D eigenvalue weighted by atomic mass is 19.4. The average molecular weight is 451 g/mol. The SMILES string of the molecule is Cc1cc(-c2ncc3cc(C(F)(F)F)ccc3n2)ccc1N1CCOc2cncnc2C1=O. The molecule has 0 fully saturated rings. The molecule has 0 saturated heterocycles. The Kier molecular flexibility index (Phi) is 4.92. The van der Waals surface area contributed by atoms with Gasteiger partial charge in [-0.15, -0.1) is 0 Å². The van der Waals surface area contributed by atoms with Crippen LogP contribution in [0.5, 0.6) is 5.75 Å². The van der Waals surface area contributed by atoms with Crippen LogP contribution in [0.15, 0.2) is 55.1 Å². The van der Waals surface area contributed by atoms with E-state index in [1.807, 2.05) is 13.0 Å². The molecule has 5 rings (SSSR count). The van der Waals surface area contributed by atoms with Crippen LogP contribution >= 0.6 is 0 Å². The third-order valence-corrected chi connectivity index (χ3v) is 5.35. The molecule has 0 radical (unpaired) electrons. The van der Waals surface area contributed by atoms with Gasteiger partial charge < -0.3 is 9.64 Å². The molecular formula is C23H16F3N5O2. The highest BCUT2D eigenvalue weighted by molar-refractivity contribution is 6.07. The van der Waals surface area contributed by atoms with Crippen LogP contribution in [-0.4, -0.2) is 39.0 Å². The van der Waals surface area contributed by atoms with Crippen molar-refractivity contribution in [2.75, 3.05) is 18.1 Å². The summed E-state index contributed by atoms with van der Waals surface area (Å²) in [6.07, 6.45) is -0.284. The number of aromatic nitrogens is 4. The number of hydrogen-bond donors (Lipinski definition) is 0. The number of aryl methyl sites for hydroxylation is 1. The van der Waals surface area contributed by atoms with E-state index in [0.29, 0.717) is 46.9 Å². The molecule has 0 saturated carbocycles. The number of nitrogens with zero attached hydrogens (tertiary/aromatic N) is 5. The molecule has 0 N–H and O–H groups in total. The number of rotatable bonds is 2. The molecule has 4 aromatic rings. The topological polar surface area (TPSA) is 81.1 Å². The zero-order valence-electron chi connectivity index (χ0n) is 17.3. The Morgan fingerprint density at radius 3 is 2.70 bits per heavy atom. The second-order valence-electron chi connectivity index (χ2n) is 7.51. The van der Waals surface area contributed by atoms with Gasteiger partial charge in [0.25, 0.3) is 5.91 Å². The van der Waals surface area contributed by atoms with Crippen LogP contribution in [0.3, 0.4) is 0 Å². The predicted molar refractivity (Wildman–Crippen MR) is 114 cm³/mol. The lowest BCUT2D eigenvalue weighted by Crippen LogP contribution is -2.33. The molecule has 1 amide bonds. The van der Waals surface area contributed by atoms with Gasteiger partial charge >= 0.3 is 6.18 Å². The van der Waals surface area contributed by atoms with Crippen molar-refractivity contribution in [1.82, 2.24) is 19.9 Å². The van der Waals surface area contributed by atoms with Crippen molar-refractivity contribution in [3.8, 4) is 17.1 Å². The maximum absolute atomic E-state index is 13.0. The third kappa shape index (κ3) is 3.84. The fourth-order valence-electron chi connectivity index (χ4n) is 3.74. The summed E-state index contributed by atoms with van der Waals surface area (Å²) in [7, 11) is 0. The lowest BCUT2D eigenvalue weighted by atomic mass is 10.1. The van der Waals surface area contributed by atoms with E-state index in [1.54, 1.807) is 17.0 Å². The number of hydrogen-bond acceptors (Lipinski definition) is 6. The Labute approximate surface area is 185 Å². The number of anilines is 1. The van der Waals surface area contributed by atoms with Crippen molar-refractivity contribution < 1.29 is 22.7 Å². The number of benzene rings is 2. The first-order valence-electron chi connectivity index (χ1n) is 10.0. The van der Waals surface area contributed by atoms with Crippen LogP contribution in [0.1, 0.15) is 21.6 Å². The smallest absolute Gasteiger partial charge is 0.416 e. The first kappa shape index (κ1) is 20.8. The van der Waals surface area contributed by atoms with Gasteiger partial charge in [-0.25, -0.2) is 19.9 Å². The number of amides is 1. The highest BCUT2D eigenvalue weighted by Gasteiger charge is 2.30. The molecule has 0 atom stereocenters. The summed E-state index contributed by atoms with van der Waals surface area (Å²) < 4.78 is 44.4. The van der Waals surface area contributed by atoms with E-state index < -0.39 is 11.7 Å². The summed E-state index contributed by atoms with van der Waals surface area (Å²) in [6, 6.07) is 8.76. The molecule has 3 heterocycles. The van der Waals surface area contributed by atoms with Gasteiger partial charge in [0.05, 0.1) is 23.8 Å². The fraction of sp³-hybridized carbons (Fsp3) is 0.174. The Morgan fingerprint density at radius 1 is 1.06 bits per heavy atom. The number of halogens is 3. The van der Waals surface area contributed by atoms with Crippen LogP contribution in [0.4, 0.5) is 18.9 Å². The second-order valence-corrected chi connectivity index (χ2v) is 7.51. The molecule has 2 aromatic heterocycles. The largest absolute Gasteiger partial charge is 0.488 e. The molecule has 1 aliphatic rings. The molecule has 0 bridgehead atoms. The van der Waals surface area contributed by atoms with Gasteiger partial charge in [0, 0.05) is 22.8 Å². The van der Waals surface area contributed by atoms with Gasteiger partial charge in [-0.2, -0.15) is 13.2 Å². The van der Waals surface area contributed by atoms with Crippen LogP contribution in [0, 0.1) is 6.92 Å². The number of carbonyl (C=O) groups excluding carboxylic acids is 1. The van der Waals surface area contributed by atoms with Gasteiger partial charge in [-0.3, -0.25) is 4.79 Å². The van der Waals surface area contributed by atoms with Gasteiger partial charge in [0.1, 0.15) is 12.9 Å². The molecule has 166 valence electrons. The summed E-state index contributed by atoms with van der Waals surface area (Å²) in [4.78, 5) is 31.3. The van der Waals surface area contributed by atoms with Crippen molar-refractivity contribution in [2.45, 2.75) is 13.1 Å². The number of carbonyl (C=O) groups is 1. The minimum atomic E-state index is -4.43. The summed E-state index contributed by atoms with van der Waals surface area (Å²) in [5, 5.41) is 0.303. The molecule has 0 spiro atoms. The zero-order chi connectivity index (χ0) is 23.2. The van der Waals surface area contributed by atoms with Gasteiger partial charge in [0.2, 0.25) is 0 Å². The molecule has 7 nitrogen and oxygen atoms in total. The number of fused-ring (bicyclic) bond motifs is 2. The van der Waals surface area contributed by atoms with E-state index in [0.717, 1.165) is 17.7 Å². The van der Waals surface area contributed by atoms with Crippen molar-refractivity contribution in [3.05, 3.63) is 71.9 Å². The summed E-state index contributed by atoms with van der Waals surface area (Å²) in [5.41, 5.74) is 2.03. The minimum Gasteiger partial charge on any atom is -0.488 e. The van der Waals surface area contributed by atoms with Crippen molar-refractivity contribution >= 4 is 22.5 Å². The molecule has 33 heavy (non-hydrogen) atoms. The monoisotopic (exact) mass is 451 g/mol. The maximum atomic E-state index is 13.0. The lowest BCUT2D eigenvalue weighted by molar-refractivity contribution is -0.137. The van der Waals surface area contributed by atoms with E-state index >= 15 is 0 Å². The molecular weight excluding hydrogens is 435 g/mol. The van der Waals surface area contributed by atoms with Gasteiger partial charge in [-0.05, 0) is 48.9 Å². The summed E-state index contributed by atoms with van der Waals surface area (Å²) >= 11 is 0. The van der Waals surface area contributed by atoms with Crippen LogP contribution in [-0.2, 0) is 6.18 Å². The Morgan fingerprint density at radius 2 is 1.91 bits per heavy atom. The Hall–Kier alpha value is -4.08. The Balaban J connectivity index is 1.48. The van der Waals surface area contributed by atoms with Crippen LogP contribution in [0.2, 0.25) is 0 Å². The van der Waals surface area contributed by atoms with E-state index in [-0.39, 0.29) is 11.6 Å². The number of ether oxygens (including phenoxy) is 1. The van der Waals surface area contributed by atoms with Crippen molar-refractivity contribution in [3.63, 3.8) is 0 Å². The van der Waals surface area contributed by atoms with Crippen molar-refractivity contribution in [2.24, 2.45) is 0 Å². The molecule has 10 heteroatoms. The highest BCUT2D eigenvalue weighted by Crippen LogP contribution is 2.32. The second kappa shape index (κ2) is 7.80. The Bertz CT molecular complexity index is 1390. The van der Waals surface area contributed by atoms with E-state index in [9.17, 15) is 18.0 Å². The van der Waals surface area contributed by atoms with Crippen molar-refractivity contribution in [1.29, 1.82) is 0 Å². The van der Waals surface area contributed by atoms with Gasteiger partial charge in [-0.1, -0.05) is 0 Å². The first-order valence-corrected chi connectivity index (χ1v) is 10.0. The normalized spacial score (nSPS) is 14.1.